The van der Waals surface area contributed by atoms with Crippen LogP contribution in [0.4, 0.5) is 0 Å². The Morgan fingerprint density at radius 1 is 1.60 bits per heavy atom. The number of thioether (sulfide) groups is 1. The van der Waals surface area contributed by atoms with E-state index in [4.69, 9.17) is 5.11 Å². The average molecular weight is 232 g/mol. The van der Waals surface area contributed by atoms with Gasteiger partial charge in [-0.05, 0) is 6.42 Å². The molecular formula is C9H16N2O3S. The van der Waals surface area contributed by atoms with Crippen LogP contribution in [0.1, 0.15) is 12.8 Å². The third-order valence-corrected chi connectivity index (χ3v) is 3.21. The Morgan fingerprint density at radius 3 is 2.87 bits per heavy atom. The standard InChI is InChI=1S/C9H16N2O3S/c1-11(4-2-3-8(12)13)9(14)7-5-15-6-10-7/h7,10H,2-6H2,1H3,(H,12,13). The van der Waals surface area contributed by atoms with Crippen molar-refractivity contribution in [3.63, 3.8) is 0 Å². The predicted molar refractivity (Wildman–Crippen MR) is 58.8 cm³/mol. The minimum Gasteiger partial charge on any atom is -0.481 e. The summed E-state index contributed by atoms with van der Waals surface area (Å²) in [5, 5.41) is 11.5. The van der Waals surface area contributed by atoms with Crippen LogP contribution < -0.4 is 5.32 Å². The van der Waals surface area contributed by atoms with E-state index < -0.39 is 5.97 Å². The molecule has 0 radical (unpaired) electrons. The van der Waals surface area contributed by atoms with Gasteiger partial charge in [-0.1, -0.05) is 0 Å². The van der Waals surface area contributed by atoms with Crippen LogP contribution in [0, 0.1) is 0 Å². The molecule has 2 N–H and O–H groups in total. The van der Waals surface area contributed by atoms with Gasteiger partial charge in [0.15, 0.2) is 0 Å². The van der Waals surface area contributed by atoms with Gasteiger partial charge in [-0.2, -0.15) is 0 Å². The van der Waals surface area contributed by atoms with E-state index in [0.717, 1.165) is 11.6 Å². The molecule has 0 aromatic rings. The van der Waals surface area contributed by atoms with Gasteiger partial charge in [0.1, 0.15) is 0 Å². The number of carbonyl (C=O) groups is 2. The van der Waals surface area contributed by atoms with Crippen molar-refractivity contribution in [1.29, 1.82) is 0 Å². The second-order valence-electron chi connectivity index (χ2n) is 3.53. The van der Waals surface area contributed by atoms with Crippen molar-refractivity contribution in [1.82, 2.24) is 10.2 Å². The molecule has 0 aromatic heterocycles. The molecule has 1 heterocycles. The molecule has 1 rings (SSSR count). The number of hydrogen-bond acceptors (Lipinski definition) is 4. The Kier molecular flexibility index (Phi) is 4.90. The fourth-order valence-electron chi connectivity index (χ4n) is 1.40. The Balaban J connectivity index is 2.23. The lowest BCUT2D eigenvalue weighted by Gasteiger charge is -2.20. The van der Waals surface area contributed by atoms with Crippen LogP contribution in [0.15, 0.2) is 0 Å². The number of hydrogen-bond donors (Lipinski definition) is 2. The van der Waals surface area contributed by atoms with E-state index in [1.807, 2.05) is 0 Å². The van der Waals surface area contributed by atoms with Crippen LogP contribution >= 0.6 is 11.8 Å². The monoisotopic (exact) mass is 232 g/mol. The number of carboxylic acid groups (broad SMARTS) is 1. The summed E-state index contributed by atoms with van der Waals surface area (Å²) in [6.45, 7) is 0.508. The summed E-state index contributed by atoms with van der Waals surface area (Å²) in [6.07, 6.45) is 0.627. The van der Waals surface area contributed by atoms with Gasteiger partial charge in [-0.15, -0.1) is 11.8 Å². The second kappa shape index (κ2) is 5.97. The molecule has 0 aromatic carbocycles. The summed E-state index contributed by atoms with van der Waals surface area (Å²) < 4.78 is 0. The Labute approximate surface area is 93.2 Å². The first kappa shape index (κ1) is 12.3. The van der Waals surface area contributed by atoms with Gasteiger partial charge in [0.2, 0.25) is 5.91 Å². The molecule has 1 saturated heterocycles. The quantitative estimate of drug-likeness (QED) is 0.696. The molecule has 1 amide bonds. The molecule has 1 atom stereocenters. The van der Waals surface area contributed by atoms with Crippen LogP contribution in [0.5, 0.6) is 0 Å². The summed E-state index contributed by atoms with van der Waals surface area (Å²) in [7, 11) is 1.72. The van der Waals surface area contributed by atoms with E-state index in [1.165, 1.54) is 0 Å². The van der Waals surface area contributed by atoms with Crippen molar-refractivity contribution < 1.29 is 14.7 Å². The zero-order valence-electron chi connectivity index (χ0n) is 8.73. The maximum absolute atomic E-state index is 11.7. The van der Waals surface area contributed by atoms with E-state index in [9.17, 15) is 9.59 Å². The minimum atomic E-state index is -0.814. The third kappa shape index (κ3) is 4.09. The first-order valence-electron chi connectivity index (χ1n) is 4.89. The normalized spacial score (nSPS) is 20.2. The molecule has 0 saturated carbocycles. The van der Waals surface area contributed by atoms with Gasteiger partial charge < -0.3 is 10.0 Å². The lowest BCUT2D eigenvalue weighted by Crippen LogP contribution is -2.43. The predicted octanol–water partition coefficient (Wildman–Crippen LogP) is -0.0279. The smallest absolute Gasteiger partial charge is 0.303 e. The minimum absolute atomic E-state index is 0.0605. The van der Waals surface area contributed by atoms with E-state index in [-0.39, 0.29) is 18.4 Å². The van der Waals surface area contributed by atoms with Crippen molar-refractivity contribution in [3.05, 3.63) is 0 Å². The maximum Gasteiger partial charge on any atom is 0.303 e. The fourth-order valence-corrected chi connectivity index (χ4v) is 2.33. The van der Waals surface area contributed by atoms with Gasteiger partial charge in [0.25, 0.3) is 0 Å². The molecule has 86 valence electrons. The summed E-state index contributed by atoms with van der Waals surface area (Å²) in [5.74, 6) is 0.873. The van der Waals surface area contributed by atoms with E-state index in [1.54, 1.807) is 23.7 Å². The number of amides is 1. The van der Waals surface area contributed by atoms with E-state index in [0.29, 0.717) is 13.0 Å². The molecule has 5 nitrogen and oxygen atoms in total. The van der Waals surface area contributed by atoms with Crippen molar-refractivity contribution in [2.24, 2.45) is 0 Å². The highest BCUT2D eigenvalue weighted by molar-refractivity contribution is 7.99. The van der Waals surface area contributed by atoms with Gasteiger partial charge in [-0.3, -0.25) is 14.9 Å². The third-order valence-electron chi connectivity index (χ3n) is 2.27. The number of aliphatic carboxylic acids is 1. The SMILES string of the molecule is CN(CCCC(=O)O)C(=O)C1CSCN1. The second-order valence-corrected chi connectivity index (χ2v) is 4.56. The van der Waals surface area contributed by atoms with Crippen LogP contribution in [0.25, 0.3) is 0 Å². The van der Waals surface area contributed by atoms with Gasteiger partial charge in [0.05, 0.1) is 6.04 Å². The van der Waals surface area contributed by atoms with Gasteiger partial charge in [0, 0.05) is 31.6 Å². The Bertz CT molecular complexity index is 242. The molecular weight excluding hydrogens is 216 g/mol. The zero-order chi connectivity index (χ0) is 11.3. The molecule has 0 aliphatic carbocycles. The number of nitrogens with zero attached hydrogens (tertiary/aromatic N) is 1. The molecule has 0 spiro atoms. The largest absolute Gasteiger partial charge is 0.481 e. The Morgan fingerprint density at radius 2 is 2.33 bits per heavy atom. The number of carbonyl (C=O) groups excluding carboxylic acids is 1. The van der Waals surface area contributed by atoms with Crippen LogP contribution in [0.3, 0.4) is 0 Å². The van der Waals surface area contributed by atoms with Gasteiger partial charge >= 0.3 is 5.97 Å². The van der Waals surface area contributed by atoms with Crippen molar-refractivity contribution in [2.75, 3.05) is 25.2 Å². The van der Waals surface area contributed by atoms with Crippen molar-refractivity contribution in [3.8, 4) is 0 Å². The summed E-state index contributed by atoms with van der Waals surface area (Å²) in [4.78, 5) is 23.6. The number of nitrogens with one attached hydrogen (secondary N) is 1. The van der Waals surface area contributed by atoms with Crippen LogP contribution in [-0.2, 0) is 9.59 Å². The average Bonchev–Trinajstić information content (AvgIpc) is 2.68. The highest BCUT2D eigenvalue weighted by atomic mass is 32.2. The summed E-state index contributed by atoms with van der Waals surface area (Å²) >= 11 is 1.70. The van der Waals surface area contributed by atoms with E-state index >= 15 is 0 Å². The van der Waals surface area contributed by atoms with Crippen molar-refractivity contribution >= 4 is 23.6 Å². The van der Waals surface area contributed by atoms with E-state index in [2.05, 4.69) is 5.32 Å². The first-order valence-corrected chi connectivity index (χ1v) is 6.04. The highest BCUT2D eigenvalue weighted by Crippen LogP contribution is 2.11. The lowest BCUT2D eigenvalue weighted by molar-refractivity contribution is -0.138. The number of likely N-dealkylation sites (N-methyl/N-ethyl adjacent to an activating group) is 1. The zero-order valence-corrected chi connectivity index (χ0v) is 9.55. The number of rotatable bonds is 5. The molecule has 1 aliphatic rings. The van der Waals surface area contributed by atoms with Crippen LogP contribution in [-0.4, -0.2) is 53.1 Å². The van der Waals surface area contributed by atoms with Gasteiger partial charge in [-0.25, -0.2) is 0 Å². The fraction of sp³-hybridized carbons (Fsp3) is 0.778. The highest BCUT2D eigenvalue weighted by Gasteiger charge is 2.24. The van der Waals surface area contributed by atoms with Crippen LogP contribution in [0.2, 0.25) is 0 Å². The Hall–Kier alpha value is -0.750. The topological polar surface area (TPSA) is 69.6 Å². The summed E-state index contributed by atoms with van der Waals surface area (Å²) in [5.41, 5.74) is 0. The number of carboxylic acids is 1. The molecule has 1 unspecified atom stereocenters. The molecule has 1 fully saturated rings. The molecule has 1 aliphatic heterocycles. The first-order chi connectivity index (χ1) is 7.11. The lowest BCUT2D eigenvalue weighted by atomic mass is 10.2. The molecule has 6 heteroatoms. The molecule has 0 bridgehead atoms. The van der Waals surface area contributed by atoms with Crippen molar-refractivity contribution in [2.45, 2.75) is 18.9 Å². The summed E-state index contributed by atoms with van der Waals surface area (Å²) in [6, 6.07) is -0.0928. The maximum atomic E-state index is 11.7. The molecule has 15 heavy (non-hydrogen) atoms.